The number of ether oxygens (including phenoxy) is 1. The highest BCUT2D eigenvalue weighted by molar-refractivity contribution is 6.35. The molecule has 0 radical (unpaired) electrons. The molecular formula is C18H25N3O4. The number of piperazine rings is 1. The monoisotopic (exact) mass is 347 g/mol. The molecule has 1 aromatic carbocycles. The van der Waals surface area contributed by atoms with Crippen LogP contribution in [0.15, 0.2) is 24.3 Å². The number of benzene rings is 1. The fraction of sp³-hybridized carbons (Fsp3) is 0.500. The number of amides is 3. The number of nitrogens with zero attached hydrogens (tertiary/aromatic N) is 2. The molecule has 0 aromatic heterocycles. The van der Waals surface area contributed by atoms with Gasteiger partial charge in [-0.1, -0.05) is 12.1 Å². The third-order valence-electron chi connectivity index (χ3n) is 4.15. The lowest BCUT2D eigenvalue weighted by Crippen LogP contribution is -2.55. The maximum Gasteiger partial charge on any atom is 0.312 e. The van der Waals surface area contributed by atoms with Gasteiger partial charge in [0.15, 0.2) is 0 Å². The lowest BCUT2D eigenvalue weighted by atomic mass is 10.1. The normalized spacial score (nSPS) is 15.0. The molecule has 0 atom stereocenters. The highest BCUT2D eigenvalue weighted by Crippen LogP contribution is 2.13. The molecule has 0 saturated carbocycles. The first-order chi connectivity index (χ1) is 11.9. The Bertz CT molecular complexity index is 628. The summed E-state index contributed by atoms with van der Waals surface area (Å²) < 4.78 is 4.89. The molecule has 1 fully saturated rings. The Kier molecular flexibility index (Phi) is 6.52. The van der Waals surface area contributed by atoms with Crippen LogP contribution in [0, 0.1) is 0 Å². The van der Waals surface area contributed by atoms with Crippen LogP contribution in [0.5, 0.6) is 0 Å². The Morgan fingerprint density at radius 3 is 2.44 bits per heavy atom. The highest BCUT2D eigenvalue weighted by atomic mass is 16.5. The quantitative estimate of drug-likeness (QED) is 0.580. The van der Waals surface area contributed by atoms with Crippen molar-refractivity contribution in [3.63, 3.8) is 0 Å². The highest BCUT2D eigenvalue weighted by Gasteiger charge is 2.33. The van der Waals surface area contributed by atoms with Crippen LogP contribution in [0.3, 0.4) is 0 Å². The van der Waals surface area contributed by atoms with Crippen LogP contribution in [0.1, 0.15) is 29.8 Å². The van der Waals surface area contributed by atoms with Gasteiger partial charge in [0.25, 0.3) is 5.91 Å². The van der Waals surface area contributed by atoms with Gasteiger partial charge in [0.1, 0.15) is 0 Å². The largest absolute Gasteiger partial charge is 0.383 e. The molecule has 2 rings (SSSR count). The molecule has 1 aromatic rings. The molecule has 0 aliphatic carbocycles. The predicted molar refractivity (Wildman–Crippen MR) is 92.9 cm³/mol. The lowest BCUT2D eigenvalue weighted by molar-refractivity contribution is -0.157. The number of hydrogen-bond donors (Lipinski definition) is 1. The Labute approximate surface area is 147 Å². The number of hydrogen-bond acceptors (Lipinski definition) is 4. The number of rotatable bonds is 7. The van der Waals surface area contributed by atoms with Crippen LogP contribution in [0.4, 0.5) is 0 Å². The van der Waals surface area contributed by atoms with E-state index in [1.54, 1.807) is 41.2 Å². The zero-order valence-corrected chi connectivity index (χ0v) is 14.9. The van der Waals surface area contributed by atoms with Gasteiger partial charge in [-0.25, -0.2) is 0 Å². The van der Waals surface area contributed by atoms with E-state index in [9.17, 15) is 14.4 Å². The fourth-order valence-electron chi connectivity index (χ4n) is 2.68. The SMILES string of the molecule is COCCNC(=O)c1ccc(CN2CCN(C(C)C)C(=O)C2=O)cc1. The summed E-state index contributed by atoms with van der Waals surface area (Å²) in [5.41, 5.74) is 1.43. The van der Waals surface area contributed by atoms with Gasteiger partial charge in [0.2, 0.25) is 0 Å². The van der Waals surface area contributed by atoms with Crippen molar-refractivity contribution in [2.24, 2.45) is 0 Å². The fourth-order valence-corrected chi connectivity index (χ4v) is 2.68. The average molecular weight is 347 g/mol. The second kappa shape index (κ2) is 8.62. The van der Waals surface area contributed by atoms with Crippen LogP contribution < -0.4 is 5.32 Å². The second-order valence-electron chi connectivity index (χ2n) is 6.26. The summed E-state index contributed by atoms with van der Waals surface area (Å²) in [4.78, 5) is 39.4. The standard InChI is InChI=1S/C18H25N3O4/c1-13(2)21-10-9-20(17(23)18(21)24)12-14-4-6-15(7-5-14)16(22)19-8-11-25-3/h4-7,13H,8-12H2,1-3H3,(H,19,22). The smallest absolute Gasteiger partial charge is 0.312 e. The van der Waals surface area contributed by atoms with Crippen molar-refractivity contribution in [3.8, 4) is 0 Å². The zero-order valence-electron chi connectivity index (χ0n) is 14.9. The van der Waals surface area contributed by atoms with Gasteiger partial charge in [-0.15, -0.1) is 0 Å². The van der Waals surface area contributed by atoms with Crippen molar-refractivity contribution in [1.29, 1.82) is 0 Å². The summed E-state index contributed by atoms with van der Waals surface area (Å²) in [7, 11) is 1.58. The van der Waals surface area contributed by atoms with E-state index in [4.69, 9.17) is 4.74 Å². The summed E-state index contributed by atoms with van der Waals surface area (Å²) in [6.45, 7) is 6.14. The van der Waals surface area contributed by atoms with Gasteiger partial charge in [0, 0.05) is 44.9 Å². The molecule has 0 bridgehead atoms. The third kappa shape index (κ3) is 4.79. The first-order valence-electron chi connectivity index (χ1n) is 8.40. The van der Waals surface area contributed by atoms with E-state index in [0.29, 0.717) is 38.3 Å². The molecule has 7 nitrogen and oxygen atoms in total. The van der Waals surface area contributed by atoms with E-state index in [2.05, 4.69) is 5.32 Å². The van der Waals surface area contributed by atoms with Gasteiger partial charge in [-0.2, -0.15) is 0 Å². The van der Waals surface area contributed by atoms with Crippen molar-refractivity contribution in [3.05, 3.63) is 35.4 Å². The van der Waals surface area contributed by atoms with E-state index < -0.39 is 11.8 Å². The first-order valence-corrected chi connectivity index (χ1v) is 8.40. The second-order valence-corrected chi connectivity index (χ2v) is 6.26. The zero-order chi connectivity index (χ0) is 18.4. The van der Waals surface area contributed by atoms with Gasteiger partial charge in [-0.05, 0) is 31.5 Å². The number of nitrogens with one attached hydrogen (secondary N) is 1. The maximum atomic E-state index is 12.2. The van der Waals surface area contributed by atoms with Crippen LogP contribution in [-0.2, 0) is 20.9 Å². The van der Waals surface area contributed by atoms with Crippen molar-refractivity contribution in [1.82, 2.24) is 15.1 Å². The molecular weight excluding hydrogens is 322 g/mol. The summed E-state index contributed by atoms with van der Waals surface area (Å²) in [5, 5.41) is 2.75. The molecule has 136 valence electrons. The van der Waals surface area contributed by atoms with Gasteiger partial charge in [-0.3, -0.25) is 14.4 Å². The molecule has 25 heavy (non-hydrogen) atoms. The minimum absolute atomic E-state index is 0.0227. The van der Waals surface area contributed by atoms with Gasteiger partial charge in [0.05, 0.1) is 6.61 Å². The summed E-state index contributed by atoms with van der Waals surface area (Å²) in [6, 6.07) is 7.06. The molecule has 7 heteroatoms. The third-order valence-corrected chi connectivity index (χ3v) is 4.15. The van der Waals surface area contributed by atoms with E-state index in [1.165, 1.54) is 0 Å². The Hall–Kier alpha value is -2.41. The van der Waals surface area contributed by atoms with Crippen LogP contribution >= 0.6 is 0 Å². The summed E-state index contributed by atoms with van der Waals surface area (Å²) >= 11 is 0. The Morgan fingerprint density at radius 1 is 1.16 bits per heavy atom. The van der Waals surface area contributed by atoms with Crippen molar-refractivity contribution in [2.45, 2.75) is 26.4 Å². The van der Waals surface area contributed by atoms with Crippen LogP contribution in [0.25, 0.3) is 0 Å². The van der Waals surface area contributed by atoms with Crippen molar-refractivity contribution < 1.29 is 19.1 Å². The first kappa shape index (κ1) is 18.9. The summed E-state index contributed by atoms with van der Waals surface area (Å²) in [5.74, 6) is -1.09. The lowest BCUT2D eigenvalue weighted by Gasteiger charge is -2.36. The molecule has 3 amide bonds. The van der Waals surface area contributed by atoms with Crippen molar-refractivity contribution in [2.75, 3.05) is 33.4 Å². The van der Waals surface area contributed by atoms with Crippen LogP contribution in [-0.4, -0.2) is 66.9 Å². The molecule has 1 N–H and O–H groups in total. The van der Waals surface area contributed by atoms with Gasteiger partial charge >= 0.3 is 11.8 Å². The van der Waals surface area contributed by atoms with Crippen molar-refractivity contribution >= 4 is 17.7 Å². The maximum absolute atomic E-state index is 12.2. The molecule has 1 aliphatic heterocycles. The minimum Gasteiger partial charge on any atom is -0.383 e. The van der Waals surface area contributed by atoms with E-state index in [-0.39, 0.29) is 11.9 Å². The number of methoxy groups -OCH3 is 1. The molecule has 1 saturated heterocycles. The Balaban J connectivity index is 1.94. The van der Waals surface area contributed by atoms with E-state index in [1.807, 2.05) is 13.8 Å². The summed E-state index contributed by atoms with van der Waals surface area (Å²) in [6.07, 6.45) is 0. The molecule has 1 aliphatic rings. The topological polar surface area (TPSA) is 79.0 Å². The average Bonchev–Trinajstić information content (AvgIpc) is 2.59. The minimum atomic E-state index is -0.471. The van der Waals surface area contributed by atoms with Gasteiger partial charge < -0.3 is 19.9 Å². The predicted octanol–water partition coefficient (Wildman–Crippen LogP) is 0.642. The van der Waals surface area contributed by atoms with E-state index >= 15 is 0 Å². The number of carbonyl (C=O) groups is 3. The molecule has 0 unspecified atom stereocenters. The number of carbonyl (C=O) groups excluding carboxylic acids is 3. The Morgan fingerprint density at radius 2 is 1.84 bits per heavy atom. The molecule has 1 heterocycles. The van der Waals surface area contributed by atoms with Crippen LogP contribution in [0.2, 0.25) is 0 Å². The molecule has 0 spiro atoms. The van der Waals surface area contributed by atoms with E-state index in [0.717, 1.165) is 5.56 Å².